The molecule has 0 saturated heterocycles. The van der Waals surface area contributed by atoms with Crippen LogP contribution in [0.4, 0.5) is 8.78 Å². The molecule has 0 bridgehead atoms. The van der Waals surface area contributed by atoms with Gasteiger partial charge in [0.15, 0.2) is 0 Å². The number of hydrogen-bond donors (Lipinski definition) is 0. The SMILES string of the molecule is Cc1c(C)c(-c2cc3c(cc2F)-c2ccccc2C32c3ccccc3-c3ccccc32)c2nsnc2c1-c1cc2c(cc1F)-c1ccccc1C21c2ccccc2-c2ccccc21. The average molecular weight is 829 g/mol. The summed E-state index contributed by atoms with van der Waals surface area (Å²) in [7, 11) is 0. The van der Waals surface area contributed by atoms with Crippen LogP contribution in [0.1, 0.15) is 55.6 Å². The van der Waals surface area contributed by atoms with Gasteiger partial charge < -0.3 is 0 Å². The van der Waals surface area contributed by atoms with Gasteiger partial charge in [0.1, 0.15) is 22.7 Å². The Kier molecular flexibility index (Phi) is 6.82. The number of aromatic nitrogens is 2. The lowest BCUT2D eigenvalue weighted by molar-refractivity contribution is 0.629. The molecular weight excluding hydrogens is 795 g/mol. The van der Waals surface area contributed by atoms with E-state index in [9.17, 15) is 0 Å². The summed E-state index contributed by atoms with van der Waals surface area (Å²) in [5.74, 6) is -0.654. The van der Waals surface area contributed by atoms with E-state index in [-0.39, 0.29) is 11.6 Å². The maximum absolute atomic E-state index is 17.3. The minimum Gasteiger partial charge on any atom is -0.206 e. The van der Waals surface area contributed by atoms with Gasteiger partial charge in [-0.15, -0.1) is 0 Å². The summed E-state index contributed by atoms with van der Waals surface area (Å²) < 4.78 is 44.5. The molecule has 0 atom stereocenters. The smallest absolute Gasteiger partial charge is 0.131 e. The van der Waals surface area contributed by atoms with Crippen LogP contribution in [0.2, 0.25) is 0 Å². The van der Waals surface area contributed by atoms with Gasteiger partial charge in [-0.2, -0.15) is 8.75 Å². The Balaban J connectivity index is 1.02. The predicted octanol–water partition coefficient (Wildman–Crippen LogP) is 14.6. The van der Waals surface area contributed by atoms with Crippen molar-refractivity contribution >= 4 is 22.8 Å². The summed E-state index contributed by atoms with van der Waals surface area (Å²) in [5.41, 5.74) is 21.6. The Morgan fingerprint density at radius 3 is 0.905 bits per heavy atom. The number of fused-ring (bicyclic) bond motifs is 21. The predicted molar refractivity (Wildman–Crippen MR) is 250 cm³/mol. The van der Waals surface area contributed by atoms with E-state index in [4.69, 9.17) is 8.75 Å². The highest BCUT2D eigenvalue weighted by atomic mass is 32.1. The van der Waals surface area contributed by atoms with Crippen molar-refractivity contribution < 1.29 is 8.78 Å². The molecule has 1 aromatic heterocycles. The van der Waals surface area contributed by atoms with Gasteiger partial charge in [-0.3, -0.25) is 0 Å². The highest BCUT2D eigenvalue weighted by Crippen LogP contribution is 2.65. The summed E-state index contributed by atoms with van der Waals surface area (Å²) in [4.78, 5) is 0. The van der Waals surface area contributed by atoms with Gasteiger partial charge in [-0.25, -0.2) is 8.78 Å². The summed E-state index contributed by atoms with van der Waals surface area (Å²) in [6, 6.07) is 59.1. The van der Waals surface area contributed by atoms with Crippen LogP contribution in [-0.4, -0.2) is 8.75 Å². The van der Waals surface area contributed by atoms with Crippen LogP contribution >= 0.6 is 11.7 Å². The minimum absolute atomic E-state index is 0.327. The molecule has 4 aliphatic carbocycles. The molecule has 63 heavy (non-hydrogen) atoms. The first-order chi connectivity index (χ1) is 30.9. The normalized spacial score (nSPS) is 14.6. The molecule has 0 N–H and O–H groups in total. The van der Waals surface area contributed by atoms with E-state index in [0.29, 0.717) is 33.3 Å². The third kappa shape index (κ3) is 4.08. The Bertz CT molecular complexity index is 3380. The number of halogens is 2. The largest absolute Gasteiger partial charge is 0.206 e. The summed E-state index contributed by atoms with van der Waals surface area (Å²) >= 11 is 1.09. The van der Waals surface area contributed by atoms with E-state index in [2.05, 4.69) is 146 Å². The zero-order chi connectivity index (χ0) is 41.9. The Hall–Kier alpha value is -7.34. The number of rotatable bonds is 2. The lowest BCUT2D eigenvalue weighted by atomic mass is 9.70. The summed E-state index contributed by atoms with van der Waals surface area (Å²) in [6.07, 6.45) is 0. The van der Waals surface area contributed by atoms with Gasteiger partial charge in [0.05, 0.1) is 22.6 Å². The van der Waals surface area contributed by atoms with Crippen LogP contribution < -0.4 is 0 Å². The zero-order valence-electron chi connectivity index (χ0n) is 34.2. The molecule has 5 heteroatoms. The van der Waals surface area contributed by atoms with Crippen molar-refractivity contribution in [3.8, 4) is 66.8 Å². The first kappa shape index (κ1) is 35.3. The van der Waals surface area contributed by atoms with E-state index < -0.39 is 10.8 Å². The third-order valence-corrected chi connectivity index (χ3v) is 15.5. The minimum atomic E-state index is -0.636. The molecule has 10 aromatic rings. The standard InChI is InChI=1S/C58H34F2N2S/c1-31-32(2)54(42-28-50-40(30-52(42)60)38-20-8-14-26-48(38)58(50)45-23-11-5-17-35(45)36-18-6-12-24-46(36)58)56-55(61-63-62-56)53(31)41-27-49-39(29-51(41)59)37-19-7-13-25-47(37)57(49)43-21-9-3-15-33(43)34-16-4-10-22-44(34)57/h3-30H,1-2H3. The lowest BCUT2D eigenvalue weighted by Gasteiger charge is -2.31. The first-order valence-electron chi connectivity index (χ1n) is 21.5. The molecule has 0 radical (unpaired) electrons. The molecule has 296 valence electrons. The Morgan fingerprint density at radius 1 is 0.333 bits per heavy atom. The van der Waals surface area contributed by atoms with Gasteiger partial charge in [0, 0.05) is 22.3 Å². The van der Waals surface area contributed by atoms with Crippen molar-refractivity contribution in [1.82, 2.24) is 8.75 Å². The molecule has 0 fully saturated rings. The highest BCUT2D eigenvalue weighted by molar-refractivity contribution is 7.00. The summed E-state index contributed by atoms with van der Waals surface area (Å²) in [5, 5.41) is 0. The maximum atomic E-state index is 17.3. The second-order valence-electron chi connectivity index (χ2n) is 17.5. The number of nitrogens with zero attached hydrogens (tertiary/aromatic N) is 2. The topological polar surface area (TPSA) is 25.8 Å². The fourth-order valence-corrected chi connectivity index (χ4v) is 13.1. The van der Waals surface area contributed by atoms with E-state index in [1.165, 1.54) is 44.5 Å². The lowest BCUT2D eigenvalue weighted by Crippen LogP contribution is -2.26. The monoisotopic (exact) mass is 828 g/mol. The van der Waals surface area contributed by atoms with Gasteiger partial charge in [0.25, 0.3) is 0 Å². The molecule has 0 saturated carbocycles. The van der Waals surface area contributed by atoms with Crippen LogP contribution in [0.3, 0.4) is 0 Å². The van der Waals surface area contributed by atoms with E-state index in [1.54, 1.807) is 12.1 Å². The first-order valence-corrected chi connectivity index (χ1v) is 22.2. The maximum Gasteiger partial charge on any atom is 0.131 e. The van der Waals surface area contributed by atoms with Crippen LogP contribution in [-0.2, 0) is 10.8 Å². The Morgan fingerprint density at radius 2 is 0.603 bits per heavy atom. The van der Waals surface area contributed by atoms with E-state index in [1.807, 2.05) is 26.0 Å². The second-order valence-corrected chi connectivity index (χ2v) is 18.0. The molecule has 2 nitrogen and oxygen atoms in total. The Labute approximate surface area is 367 Å². The van der Waals surface area contributed by atoms with Crippen LogP contribution in [0.15, 0.2) is 170 Å². The fraction of sp³-hybridized carbons (Fsp3) is 0.0690. The average Bonchev–Trinajstić information content (AvgIpc) is 4.12. The third-order valence-electron chi connectivity index (χ3n) is 15.0. The van der Waals surface area contributed by atoms with E-state index in [0.717, 1.165) is 67.4 Å². The number of hydrogen-bond acceptors (Lipinski definition) is 3. The van der Waals surface area contributed by atoms with Crippen molar-refractivity contribution in [2.75, 3.05) is 0 Å². The molecular formula is C58H34F2N2S. The van der Waals surface area contributed by atoms with Gasteiger partial charge in [-0.05, 0) is 138 Å². The van der Waals surface area contributed by atoms with Crippen molar-refractivity contribution in [2.24, 2.45) is 0 Å². The van der Waals surface area contributed by atoms with Crippen molar-refractivity contribution in [3.05, 3.63) is 237 Å². The molecule has 0 amide bonds. The molecule has 1 heterocycles. The van der Waals surface area contributed by atoms with Gasteiger partial charge in [-0.1, -0.05) is 146 Å². The molecule has 0 aliphatic heterocycles. The van der Waals surface area contributed by atoms with Crippen molar-refractivity contribution in [2.45, 2.75) is 24.7 Å². The highest BCUT2D eigenvalue weighted by Gasteiger charge is 2.53. The quantitative estimate of drug-likeness (QED) is 0.173. The second kappa shape index (κ2) is 12.2. The van der Waals surface area contributed by atoms with Gasteiger partial charge in [0.2, 0.25) is 0 Å². The molecule has 14 rings (SSSR count). The molecule has 2 spiro atoms. The zero-order valence-corrected chi connectivity index (χ0v) is 35.0. The van der Waals surface area contributed by atoms with Crippen LogP contribution in [0.5, 0.6) is 0 Å². The van der Waals surface area contributed by atoms with Crippen molar-refractivity contribution in [3.63, 3.8) is 0 Å². The van der Waals surface area contributed by atoms with Crippen molar-refractivity contribution in [1.29, 1.82) is 0 Å². The van der Waals surface area contributed by atoms with Gasteiger partial charge >= 0.3 is 0 Å². The molecule has 0 unspecified atom stereocenters. The van der Waals surface area contributed by atoms with Crippen LogP contribution in [0.25, 0.3) is 77.8 Å². The summed E-state index contributed by atoms with van der Waals surface area (Å²) in [6.45, 7) is 4.05. The van der Waals surface area contributed by atoms with Crippen LogP contribution in [0, 0.1) is 25.5 Å². The van der Waals surface area contributed by atoms with E-state index >= 15 is 8.78 Å². The molecule has 9 aromatic carbocycles. The molecule has 4 aliphatic rings. The number of benzene rings is 9. The fourth-order valence-electron chi connectivity index (χ4n) is 12.5.